The lowest BCUT2D eigenvalue weighted by atomic mass is 10.1. The number of hydrogen-bond donors (Lipinski definition) is 1. The summed E-state index contributed by atoms with van der Waals surface area (Å²) in [5.74, 6) is -1.47. The van der Waals surface area contributed by atoms with Gasteiger partial charge in [-0.25, -0.2) is 8.42 Å². The number of halogens is 3. The molecule has 2 rings (SSSR count). The number of rotatable bonds is 9. The smallest absolute Gasteiger partial charge is 0.406 e. The summed E-state index contributed by atoms with van der Waals surface area (Å²) >= 11 is 0. The van der Waals surface area contributed by atoms with Gasteiger partial charge in [0, 0.05) is 30.9 Å². The highest BCUT2D eigenvalue weighted by atomic mass is 32.2. The van der Waals surface area contributed by atoms with Gasteiger partial charge in [-0.15, -0.1) is 13.2 Å². The fraction of sp³-hybridized carbons (Fsp3) is 0.381. The van der Waals surface area contributed by atoms with Gasteiger partial charge in [0.05, 0.1) is 10.6 Å². The van der Waals surface area contributed by atoms with Crippen LogP contribution in [0.3, 0.4) is 0 Å². The summed E-state index contributed by atoms with van der Waals surface area (Å²) in [7, 11) is -3.85. The predicted octanol–water partition coefficient (Wildman–Crippen LogP) is 4.54. The number of alkyl halides is 3. The molecule has 10 heteroatoms. The van der Waals surface area contributed by atoms with Gasteiger partial charge in [-0.05, 0) is 68.8 Å². The zero-order valence-corrected chi connectivity index (χ0v) is 18.3. The first-order valence-corrected chi connectivity index (χ1v) is 11.3. The molecule has 0 heterocycles. The Morgan fingerprint density at radius 2 is 1.68 bits per heavy atom. The van der Waals surface area contributed by atoms with Crippen molar-refractivity contribution in [3.8, 4) is 5.75 Å². The van der Waals surface area contributed by atoms with E-state index in [2.05, 4.69) is 15.0 Å². The van der Waals surface area contributed by atoms with Crippen LogP contribution in [0, 0.1) is 6.92 Å². The van der Waals surface area contributed by atoms with Crippen molar-refractivity contribution in [3.05, 3.63) is 48.0 Å². The Morgan fingerprint density at radius 3 is 2.19 bits per heavy atom. The fourth-order valence-electron chi connectivity index (χ4n) is 2.98. The second-order valence-electron chi connectivity index (χ2n) is 6.81. The highest BCUT2D eigenvalue weighted by Crippen LogP contribution is 2.25. The van der Waals surface area contributed by atoms with E-state index in [0.717, 1.165) is 48.6 Å². The zero-order valence-electron chi connectivity index (χ0n) is 17.5. The maximum absolute atomic E-state index is 12.4. The number of carbonyl (C=O) groups excluding carboxylic acids is 1. The molecule has 0 fully saturated rings. The van der Waals surface area contributed by atoms with Crippen LogP contribution in [0.5, 0.6) is 5.75 Å². The van der Waals surface area contributed by atoms with E-state index in [1.165, 1.54) is 0 Å². The highest BCUT2D eigenvalue weighted by Gasteiger charge is 2.31. The van der Waals surface area contributed by atoms with Crippen molar-refractivity contribution in [2.24, 2.45) is 0 Å². The summed E-state index contributed by atoms with van der Waals surface area (Å²) in [4.78, 5) is 14.2. The first-order chi connectivity index (χ1) is 14.4. The minimum absolute atomic E-state index is 0.186. The number of carbonyl (C=O) groups is 1. The standard InChI is InChI=1S/C21H25F3N2O4S/c1-4-26(5-2)16-6-11-19(15(3)14-16)25-20(27)12-13-31(28,29)18-9-7-17(8-10-18)30-21(22,23)24/h6-11,14H,4-5,12-13H2,1-3H3,(H,25,27). The second kappa shape index (κ2) is 10.0. The third-order valence-corrected chi connectivity index (χ3v) is 6.36. The number of nitrogens with one attached hydrogen (secondary N) is 1. The third kappa shape index (κ3) is 7.16. The van der Waals surface area contributed by atoms with Crippen molar-refractivity contribution >= 4 is 27.1 Å². The Bertz CT molecular complexity index is 1000. The molecule has 0 saturated heterocycles. The number of nitrogens with zero attached hydrogens (tertiary/aromatic N) is 1. The molecule has 0 aliphatic rings. The van der Waals surface area contributed by atoms with Crippen molar-refractivity contribution in [2.75, 3.05) is 29.1 Å². The molecule has 6 nitrogen and oxygen atoms in total. The summed E-state index contributed by atoms with van der Waals surface area (Å²) in [5, 5.41) is 2.70. The van der Waals surface area contributed by atoms with Gasteiger partial charge in [-0.2, -0.15) is 0 Å². The molecular formula is C21H25F3N2O4S. The number of aryl methyl sites for hydroxylation is 1. The van der Waals surface area contributed by atoms with Crippen LogP contribution in [0.2, 0.25) is 0 Å². The second-order valence-corrected chi connectivity index (χ2v) is 8.92. The molecule has 0 aliphatic carbocycles. The van der Waals surface area contributed by atoms with Crippen molar-refractivity contribution in [1.82, 2.24) is 0 Å². The van der Waals surface area contributed by atoms with Gasteiger partial charge in [0.25, 0.3) is 0 Å². The Kier molecular flexibility index (Phi) is 7.94. The third-order valence-electron chi connectivity index (χ3n) is 4.63. The number of hydrogen-bond acceptors (Lipinski definition) is 5. The maximum Gasteiger partial charge on any atom is 0.573 e. The summed E-state index contributed by atoms with van der Waals surface area (Å²) in [6.45, 7) is 7.65. The molecule has 0 unspecified atom stereocenters. The Hall–Kier alpha value is -2.75. The first kappa shape index (κ1) is 24.5. The molecule has 31 heavy (non-hydrogen) atoms. The number of ether oxygens (including phenoxy) is 1. The van der Waals surface area contributed by atoms with Crippen LogP contribution in [0.25, 0.3) is 0 Å². The lowest BCUT2D eigenvalue weighted by Crippen LogP contribution is -2.22. The van der Waals surface area contributed by atoms with Gasteiger partial charge >= 0.3 is 6.36 Å². The molecule has 0 bridgehead atoms. The van der Waals surface area contributed by atoms with E-state index in [4.69, 9.17) is 0 Å². The molecule has 0 atom stereocenters. The van der Waals surface area contributed by atoms with Gasteiger partial charge in [0.15, 0.2) is 9.84 Å². The molecule has 0 saturated carbocycles. The minimum Gasteiger partial charge on any atom is -0.406 e. The van der Waals surface area contributed by atoms with E-state index in [1.807, 2.05) is 32.9 Å². The van der Waals surface area contributed by atoms with Crippen molar-refractivity contribution < 1.29 is 31.1 Å². The van der Waals surface area contributed by atoms with Crippen molar-refractivity contribution in [3.63, 3.8) is 0 Å². The van der Waals surface area contributed by atoms with Crippen LogP contribution in [0.15, 0.2) is 47.4 Å². The van der Waals surface area contributed by atoms with E-state index in [0.29, 0.717) is 5.69 Å². The topological polar surface area (TPSA) is 75.7 Å². The highest BCUT2D eigenvalue weighted by molar-refractivity contribution is 7.91. The van der Waals surface area contributed by atoms with Crippen LogP contribution in [-0.2, 0) is 14.6 Å². The van der Waals surface area contributed by atoms with E-state index < -0.39 is 33.6 Å². The van der Waals surface area contributed by atoms with E-state index in [9.17, 15) is 26.4 Å². The van der Waals surface area contributed by atoms with Gasteiger partial charge in [-0.3, -0.25) is 4.79 Å². The van der Waals surface area contributed by atoms with Crippen LogP contribution in [-0.4, -0.2) is 39.5 Å². The Balaban J connectivity index is 1.98. The Morgan fingerprint density at radius 1 is 1.06 bits per heavy atom. The lowest BCUT2D eigenvalue weighted by Gasteiger charge is -2.22. The van der Waals surface area contributed by atoms with Crippen LogP contribution in [0.1, 0.15) is 25.8 Å². The lowest BCUT2D eigenvalue weighted by molar-refractivity contribution is -0.274. The first-order valence-electron chi connectivity index (χ1n) is 9.69. The molecule has 0 aromatic heterocycles. The maximum atomic E-state index is 12.4. The summed E-state index contributed by atoms with van der Waals surface area (Å²) in [6.07, 6.45) is -5.15. The molecule has 0 radical (unpaired) electrons. The number of amides is 1. The largest absolute Gasteiger partial charge is 0.573 e. The average molecular weight is 459 g/mol. The minimum atomic E-state index is -4.86. The fourth-order valence-corrected chi connectivity index (χ4v) is 4.22. The quantitative estimate of drug-likeness (QED) is 0.597. The van der Waals surface area contributed by atoms with Gasteiger partial charge in [0.2, 0.25) is 5.91 Å². The molecule has 2 aromatic carbocycles. The molecule has 1 amide bonds. The zero-order chi connectivity index (χ0) is 23.2. The Labute approximate surface area is 179 Å². The number of sulfone groups is 1. The molecule has 0 aliphatic heterocycles. The SMILES string of the molecule is CCN(CC)c1ccc(NC(=O)CCS(=O)(=O)c2ccc(OC(F)(F)F)cc2)c(C)c1. The van der Waals surface area contributed by atoms with Crippen LogP contribution < -0.4 is 15.0 Å². The predicted molar refractivity (Wildman–Crippen MR) is 113 cm³/mol. The van der Waals surface area contributed by atoms with Gasteiger partial charge < -0.3 is 15.0 Å². The summed E-state index contributed by atoms with van der Waals surface area (Å²) < 4.78 is 65.1. The summed E-state index contributed by atoms with van der Waals surface area (Å²) in [5.41, 5.74) is 2.47. The molecular weight excluding hydrogens is 433 g/mol. The number of benzene rings is 2. The number of anilines is 2. The molecule has 0 spiro atoms. The average Bonchev–Trinajstić information content (AvgIpc) is 2.68. The van der Waals surface area contributed by atoms with Crippen LogP contribution in [0.4, 0.5) is 24.5 Å². The van der Waals surface area contributed by atoms with E-state index >= 15 is 0 Å². The summed E-state index contributed by atoms with van der Waals surface area (Å²) in [6, 6.07) is 9.48. The monoisotopic (exact) mass is 458 g/mol. The van der Waals surface area contributed by atoms with Gasteiger partial charge in [-0.1, -0.05) is 0 Å². The van der Waals surface area contributed by atoms with Crippen molar-refractivity contribution in [2.45, 2.75) is 38.4 Å². The van der Waals surface area contributed by atoms with Gasteiger partial charge in [0.1, 0.15) is 5.75 Å². The molecule has 170 valence electrons. The van der Waals surface area contributed by atoms with E-state index in [-0.39, 0.29) is 11.3 Å². The molecule has 1 N–H and O–H groups in total. The van der Waals surface area contributed by atoms with Crippen molar-refractivity contribution in [1.29, 1.82) is 0 Å². The van der Waals surface area contributed by atoms with E-state index in [1.54, 1.807) is 6.07 Å². The normalized spacial score (nSPS) is 11.8. The molecule has 2 aromatic rings. The van der Waals surface area contributed by atoms with Crippen LogP contribution >= 0.6 is 0 Å².